The van der Waals surface area contributed by atoms with Crippen LogP contribution in [-0.4, -0.2) is 78.0 Å². The maximum absolute atomic E-state index is 12.2. The largest absolute Gasteiger partial charge is 0.450 e. The molecule has 7 heteroatoms. The Hall–Kier alpha value is -1.79. The summed E-state index contributed by atoms with van der Waals surface area (Å²) in [6.45, 7) is 6.26. The van der Waals surface area contributed by atoms with Crippen LogP contribution in [0.1, 0.15) is 33.1 Å². The molecular weight excluding hydrogens is 286 g/mol. The number of amides is 3. The molecule has 1 heterocycles. The summed E-state index contributed by atoms with van der Waals surface area (Å²) in [5, 5.41) is 0. The first-order chi connectivity index (χ1) is 10.5. The van der Waals surface area contributed by atoms with Crippen molar-refractivity contribution in [1.82, 2.24) is 14.7 Å². The lowest BCUT2D eigenvalue weighted by atomic mass is 10.2. The van der Waals surface area contributed by atoms with Gasteiger partial charge in [0, 0.05) is 52.1 Å². The molecule has 0 aromatic carbocycles. The zero-order chi connectivity index (χ0) is 16.1. The highest BCUT2D eigenvalue weighted by molar-refractivity contribution is 5.79. The van der Waals surface area contributed by atoms with Gasteiger partial charge in [-0.3, -0.25) is 9.59 Å². The van der Waals surface area contributed by atoms with E-state index in [1.165, 1.54) is 0 Å². The lowest BCUT2D eigenvalue weighted by Crippen LogP contribution is -2.51. The Balaban J connectivity index is 1.73. The second-order valence-electron chi connectivity index (χ2n) is 5.76. The van der Waals surface area contributed by atoms with Crippen LogP contribution in [0, 0.1) is 0 Å². The van der Waals surface area contributed by atoms with Crippen molar-refractivity contribution in [2.24, 2.45) is 0 Å². The average Bonchev–Trinajstić information content (AvgIpc) is 3.32. The predicted molar refractivity (Wildman–Crippen MR) is 80.2 cm³/mol. The Morgan fingerprint density at radius 1 is 1.09 bits per heavy atom. The molecule has 0 bridgehead atoms. The minimum atomic E-state index is -0.314. The van der Waals surface area contributed by atoms with E-state index in [4.69, 9.17) is 4.74 Å². The molecule has 0 aromatic heterocycles. The first-order valence-corrected chi connectivity index (χ1v) is 7.99. The molecule has 124 valence electrons. The number of rotatable bonds is 5. The summed E-state index contributed by atoms with van der Waals surface area (Å²) in [5.41, 5.74) is 0. The maximum Gasteiger partial charge on any atom is 0.409 e. The lowest BCUT2D eigenvalue weighted by Gasteiger charge is -2.34. The van der Waals surface area contributed by atoms with Crippen LogP contribution < -0.4 is 0 Å². The van der Waals surface area contributed by atoms with Crippen LogP contribution in [0.4, 0.5) is 4.79 Å². The van der Waals surface area contributed by atoms with E-state index >= 15 is 0 Å². The normalized spacial score (nSPS) is 18.1. The van der Waals surface area contributed by atoms with Crippen LogP contribution in [0.5, 0.6) is 0 Å². The van der Waals surface area contributed by atoms with Crippen molar-refractivity contribution >= 4 is 17.9 Å². The molecule has 2 fully saturated rings. The second-order valence-corrected chi connectivity index (χ2v) is 5.76. The van der Waals surface area contributed by atoms with Gasteiger partial charge in [0.05, 0.1) is 6.61 Å². The third kappa shape index (κ3) is 4.35. The van der Waals surface area contributed by atoms with Crippen molar-refractivity contribution in [3.63, 3.8) is 0 Å². The van der Waals surface area contributed by atoms with Crippen LogP contribution in [0.2, 0.25) is 0 Å². The fraction of sp³-hybridized carbons (Fsp3) is 0.800. The zero-order valence-corrected chi connectivity index (χ0v) is 13.4. The molecule has 0 atom stereocenters. The third-order valence-corrected chi connectivity index (χ3v) is 4.12. The fourth-order valence-electron chi connectivity index (χ4n) is 2.71. The van der Waals surface area contributed by atoms with Crippen LogP contribution in [-0.2, 0) is 14.3 Å². The van der Waals surface area contributed by atoms with Crippen molar-refractivity contribution < 1.29 is 19.1 Å². The summed E-state index contributed by atoms with van der Waals surface area (Å²) >= 11 is 0. The van der Waals surface area contributed by atoms with E-state index in [-0.39, 0.29) is 17.9 Å². The van der Waals surface area contributed by atoms with Crippen molar-refractivity contribution in [3.8, 4) is 0 Å². The van der Waals surface area contributed by atoms with Gasteiger partial charge in [-0.25, -0.2) is 4.79 Å². The average molecular weight is 311 g/mol. The summed E-state index contributed by atoms with van der Waals surface area (Å²) in [5.74, 6) is 0.0952. The van der Waals surface area contributed by atoms with Crippen LogP contribution in [0.15, 0.2) is 0 Å². The highest BCUT2D eigenvalue weighted by Gasteiger charge is 2.31. The number of carbonyl (C=O) groups is 3. The van der Waals surface area contributed by atoms with E-state index in [1.807, 2.05) is 0 Å². The molecule has 1 aliphatic carbocycles. The SMILES string of the molecule is CCOC(=O)N1CCN(C(=O)CCN(C(C)=O)C2CC2)CC1. The monoisotopic (exact) mass is 311 g/mol. The molecule has 0 spiro atoms. The van der Waals surface area contributed by atoms with Crippen molar-refractivity contribution in [1.29, 1.82) is 0 Å². The highest BCUT2D eigenvalue weighted by atomic mass is 16.6. The van der Waals surface area contributed by atoms with Crippen molar-refractivity contribution in [2.75, 3.05) is 39.3 Å². The van der Waals surface area contributed by atoms with Gasteiger partial charge in [-0.15, -0.1) is 0 Å². The molecular formula is C15H25N3O4. The van der Waals surface area contributed by atoms with Gasteiger partial charge < -0.3 is 19.4 Å². The predicted octanol–water partition coefficient (Wildman–Crippen LogP) is 0.688. The molecule has 2 aliphatic rings. The Kier molecular flexibility index (Phi) is 5.63. The summed E-state index contributed by atoms with van der Waals surface area (Å²) in [6, 6.07) is 0.339. The van der Waals surface area contributed by atoms with E-state index in [2.05, 4.69) is 0 Å². The zero-order valence-electron chi connectivity index (χ0n) is 13.4. The van der Waals surface area contributed by atoms with Gasteiger partial charge in [0.1, 0.15) is 0 Å². The smallest absolute Gasteiger partial charge is 0.409 e. The molecule has 1 aliphatic heterocycles. The van der Waals surface area contributed by atoms with E-state index in [9.17, 15) is 14.4 Å². The molecule has 3 amide bonds. The number of hydrogen-bond donors (Lipinski definition) is 0. The summed E-state index contributed by atoms with van der Waals surface area (Å²) in [6.07, 6.45) is 2.14. The second kappa shape index (κ2) is 7.47. The first-order valence-electron chi connectivity index (χ1n) is 7.99. The quantitative estimate of drug-likeness (QED) is 0.749. The molecule has 0 N–H and O–H groups in total. The van der Waals surface area contributed by atoms with Crippen molar-refractivity contribution in [2.45, 2.75) is 39.2 Å². The molecule has 1 saturated carbocycles. The van der Waals surface area contributed by atoms with Gasteiger partial charge in [-0.1, -0.05) is 0 Å². The van der Waals surface area contributed by atoms with Gasteiger partial charge in [-0.05, 0) is 19.8 Å². The number of carbonyl (C=O) groups excluding carboxylic acids is 3. The van der Waals surface area contributed by atoms with Gasteiger partial charge in [0.15, 0.2) is 0 Å². The van der Waals surface area contributed by atoms with Crippen LogP contribution in [0.3, 0.4) is 0 Å². The number of hydrogen-bond acceptors (Lipinski definition) is 4. The Morgan fingerprint density at radius 2 is 1.68 bits per heavy atom. The molecule has 0 aromatic rings. The molecule has 22 heavy (non-hydrogen) atoms. The minimum Gasteiger partial charge on any atom is -0.450 e. The highest BCUT2D eigenvalue weighted by Crippen LogP contribution is 2.27. The van der Waals surface area contributed by atoms with E-state index in [0.717, 1.165) is 12.8 Å². The van der Waals surface area contributed by atoms with E-state index in [0.29, 0.717) is 51.8 Å². The number of nitrogens with zero attached hydrogens (tertiary/aromatic N) is 3. The van der Waals surface area contributed by atoms with E-state index < -0.39 is 0 Å². The van der Waals surface area contributed by atoms with E-state index in [1.54, 1.807) is 28.5 Å². The van der Waals surface area contributed by atoms with Gasteiger partial charge >= 0.3 is 6.09 Å². The summed E-state index contributed by atoms with van der Waals surface area (Å²) < 4.78 is 4.96. The Labute approximate surface area is 131 Å². The minimum absolute atomic E-state index is 0.0439. The Morgan fingerprint density at radius 3 is 2.18 bits per heavy atom. The van der Waals surface area contributed by atoms with Gasteiger partial charge in [0.2, 0.25) is 11.8 Å². The molecule has 0 radical (unpaired) electrons. The van der Waals surface area contributed by atoms with Crippen molar-refractivity contribution in [3.05, 3.63) is 0 Å². The van der Waals surface area contributed by atoms with Crippen LogP contribution >= 0.6 is 0 Å². The standard InChI is InChI=1S/C15H25N3O4/c1-3-22-15(21)17-10-8-16(9-11-17)14(20)6-7-18(12(2)19)13-4-5-13/h13H,3-11H2,1-2H3. The number of ether oxygens (including phenoxy) is 1. The molecule has 7 nitrogen and oxygen atoms in total. The molecule has 1 saturated heterocycles. The summed E-state index contributed by atoms with van der Waals surface area (Å²) in [4.78, 5) is 40.6. The lowest BCUT2D eigenvalue weighted by molar-refractivity contribution is -0.134. The summed E-state index contributed by atoms with van der Waals surface area (Å²) in [7, 11) is 0. The Bertz CT molecular complexity index is 429. The molecule has 2 rings (SSSR count). The van der Waals surface area contributed by atoms with Crippen LogP contribution in [0.25, 0.3) is 0 Å². The molecule has 0 unspecified atom stereocenters. The third-order valence-electron chi connectivity index (χ3n) is 4.12. The fourth-order valence-corrected chi connectivity index (χ4v) is 2.71. The van der Waals surface area contributed by atoms with Gasteiger partial charge in [-0.2, -0.15) is 0 Å². The van der Waals surface area contributed by atoms with Gasteiger partial charge in [0.25, 0.3) is 0 Å². The maximum atomic E-state index is 12.2. The number of piperazine rings is 1. The first kappa shape index (κ1) is 16.6. The topological polar surface area (TPSA) is 70.2 Å².